The first kappa shape index (κ1) is 15.8. The maximum atomic E-state index is 12.1. The zero-order valence-electron chi connectivity index (χ0n) is 13.1. The van der Waals surface area contributed by atoms with Gasteiger partial charge in [0.25, 0.3) is 5.79 Å². The number of halogens is 1. The molecule has 1 amide bonds. The summed E-state index contributed by atoms with van der Waals surface area (Å²) in [5.41, 5.74) is 3.27. The van der Waals surface area contributed by atoms with Gasteiger partial charge in [0, 0.05) is 10.6 Å². The fourth-order valence-electron chi connectivity index (χ4n) is 2.68. The molecule has 1 atom stereocenters. The van der Waals surface area contributed by atoms with E-state index in [0.717, 1.165) is 23.1 Å². The molecular formula is C18H18ClNO3. The quantitative estimate of drug-likeness (QED) is 0.872. The number of cyclic esters (lactones) is 1. The number of hydrogen-bond acceptors (Lipinski definition) is 3. The van der Waals surface area contributed by atoms with Crippen LogP contribution in [0, 0.1) is 6.92 Å². The van der Waals surface area contributed by atoms with Gasteiger partial charge in [0.2, 0.25) is 0 Å². The van der Waals surface area contributed by atoms with Crippen molar-refractivity contribution < 1.29 is 14.3 Å². The zero-order chi connectivity index (χ0) is 16.4. The molecule has 0 aromatic heterocycles. The largest absolute Gasteiger partial charge is 0.414 e. The van der Waals surface area contributed by atoms with Crippen molar-refractivity contribution in [1.82, 2.24) is 0 Å². The lowest BCUT2D eigenvalue weighted by Gasteiger charge is -2.38. The number of carbonyl (C=O) groups is 1. The van der Waals surface area contributed by atoms with Gasteiger partial charge in [0.05, 0.1) is 17.9 Å². The molecule has 2 aromatic carbocycles. The second-order valence-electron chi connectivity index (χ2n) is 5.54. The van der Waals surface area contributed by atoms with Crippen LogP contribution < -0.4 is 5.32 Å². The second-order valence-corrected chi connectivity index (χ2v) is 5.97. The Morgan fingerprint density at radius 2 is 1.96 bits per heavy atom. The highest BCUT2D eigenvalue weighted by Crippen LogP contribution is 2.43. The highest BCUT2D eigenvalue weighted by molar-refractivity contribution is 6.30. The maximum absolute atomic E-state index is 12.1. The summed E-state index contributed by atoms with van der Waals surface area (Å²) >= 11 is 5.99. The zero-order valence-corrected chi connectivity index (χ0v) is 13.8. The molecule has 0 spiro atoms. The van der Waals surface area contributed by atoms with Crippen molar-refractivity contribution in [3.8, 4) is 0 Å². The number of amides is 1. The van der Waals surface area contributed by atoms with E-state index in [4.69, 9.17) is 21.1 Å². The van der Waals surface area contributed by atoms with E-state index < -0.39 is 11.9 Å². The normalized spacial score (nSPS) is 19.7. The number of nitrogens with one attached hydrogen (secondary N) is 1. The lowest BCUT2D eigenvalue weighted by Crippen LogP contribution is -2.43. The first-order valence-electron chi connectivity index (χ1n) is 7.56. The van der Waals surface area contributed by atoms with Crippen LogP contribution in [0.2, 0.25) is 5.02 Å². The predicted molar refractivity (Wildman–Crippen MR) is 89.8 cm³/mol. The third-order valence-corrected chi connectivity index (χ3v) is 3.99. The molecule has 0 saturated heterocycles. The van der Waals surface area contributed by atoms with Crippen LogP contribution in [0.15, 0.2) is 42.5 Å². The summed E-state index contributed by atoms with van der Waals surface area (Å²) in [7, 11) is 0. The van der Waals surface area contributed by atoms with Crippen molar-refractivity contribution >= 4 is 23.4 Å². The molecule has 0 fully saturated rings. The number of rotatable bonds is 4. The Labute approximate surface area is 140 Å². The molecule has 1 heterocycles. The molecule has 2 aromatic rings. The fraction of sp³-hybridized carbons (Fsp3) is 0.278. The molecule has 3 rings (SSSR count). The van der Waals surface area contributed by atoms with Crippen molar-refractivity contribution in [2.24, 2.45) is 0 Å². The standard InChI is InChI=1S/C18H18ClNO3/c1-3-10-22-18(13-5-7-14(19)8-6-13)15-11-12(2)4-9-16(15)20-17(21)23-18/h4-9,11H,3,10H2,1-2H3,(H,20,21). The van der Waals surface area contributed by atoms with Crippen molar-refractivity contribution in [1.29, 1.82) is 0 Å². The van der Waals surface area contributed by atoms with E-state index in [1.54, 1.807) is 12.1 Å². The molecule has 120 valence electrons. The van der Waals surface area contributed by atoms with Crippen LogP contribution in [0.4, 0.5) is 10.5 Å². The molecule has 1 aliphatic heterocycles. The van der Waals surface area contributed by atoms with Crippen molar-refractivity contribution in [2.45, 2.75) is 26.1 Å². The van der Waals surface area contributed by atoms with E-state index in [-0.39, 0.29) is 0 Å². The maximum Gasteiger partial charge on any atom is 0.414 e. The summed E-state index contributed by atoms with van der Waals surface area (Å²) in [6, 6.07) is 12.9. The van der Waals surface area contributed by atoms with E-state index in [2.05, 4.69) is 5.32 Å². The number of carbonyl (C=O) groups excluding carboxylic acids is 1. The fourth-order valence-corrected chi connectivity index (χ4v) is 2.81. The van der Waals surface area contributed by atoms with Gasteiger partial charge in [-0.2, -0.15) is 0 Å². The highest BCUT2D eigenvalue weighted by Gasteiger charge is 2.45. The Bertz CT molecular complexity index is 730. The molecule has 0 bridgehead atoms. The van der Waals surface area contributed by atoms with Gasteiger partial charge in [-0.3, -0.25) is 5.32 Å². The number of aryl methyl sites for hydroxylation is 1. The van der Waals surface area contributed by atoms with Crippen LogP contribution in [-0.2, 0) is 15.3 Å². The van der Waals surface area contributed by atoms with E-state index in [1.165, 1.54) is 0 Å². The summed E-state index contributed by atoms with van der Waals surface area (Å²) in [6.45, 7) is 4.46. The van der Waals surface area contributed by atoms with Gasteiger partial charge in [-0.25, -0.2) is 4.79 Å². The second kappa shape index (κ2) is 6.22. The van der Waals surface area contributed by atoms with Crippen LogP contribution >= 0.6 is 11.6 Å². The first-order chi connectivity index (χ1) is 11.0. The summed E-state index contributed by atoms with van der Waals surface area (Å²) in [5, 5.41) is 3.35. The molecular weight excluding hydrogens is 314 g/mol. The number of hydrogen-bond donors (Lipinski definition) is 1. The molecule has 1 N–H and O–H groups in total. The third-order valence-electron chi connectivity index (χ3n) is 3.74. The monoisotopic (exact) mass is 331 g/mol. The minimum absolute atomic E-state index is 0.462. The summed E-state index contributed by atoms with van der Waals surface area (Å²) in [4.78, 5) is 12.1. The first-order valence-corrected chi connectivity index (χ1v) is 7.94. The van der Waals surface area contributed by atoms with Gasteiger partial charge in [0.15, 0.2) is 0 Å². The molecule has 5 heteroatoms. The average molecular weight is 332 g/mol. The van der Waals surface area contributed by atoms with Crippen LogP contribution in [0.1, 0.15) is 30.0 Å². The smallest absolute Gasteiger partial charge is 0.408 e. The molecule has 4 nitrogen and oxygen atoms in total. The van der Waals surface area contributed by atoms with Crippen LogP contribution in [0.25, 0.3) is 0 Å². The molecule has 23 heavy (non-hydrogen) atoms. The average Bonchev–Trinajstić information content (AvgIpc) is 2.54. The van der Waals surface area contributed by atoms with Gasteiger partial charge < -0.3 is 9.47 Å². The minimum Gasteiger partial charge on any atom is -0.408 e. The Morgan fingerprint density at radius 3 is 2.65 bits per heavy atom. The van der Waals surface area contributed by atoms with E-state index in [1.807, 2.05) is 44.2 Å². The Morgan fingerprint density at radius 1 is 1.22 bits per heavy atom. The number of benzene rings is 2. The van der Waals surface area contributed by atoms with Gasteiger partial charge in [-0.05, 0) is 37.6 Å². The third kappa shape index (κ3) is 2.92. The number of ether oxygens (including phenoxy) is 2. The van der Waals surface area contributed by atoms with Crippen LogP contribution in [-0.4, -0.2) is 12.7 Å². The summed E-state index contributed by atoms with van der Waals surface area (Å²) in [5.74, 6) is -1.26. The minimum atomic E-state index is -1.26. The SMILES string of the molecule is CCCOC1(c2ccc(Cl)cc2)OC(=O)Nc2ccc(C)cc21. The van der Waals surface area contributed by atoms with E-state index in [9.17, 15) is 4.79 Å². The van der Waals surface area contributed by atoms with Crippen molar-refractivity contribution in [3.63, 3.8) is 0 Å². The lowest BCUT2D eigenvalue weighted by atomic mass is 9.93. The van der Waals surface area contributed by atoms with Gasteiger partial charge >= 0.3 is 6.09 Å². The predicted octanol–water partition coefficient (Wildman–Crippen LogP) is 4.84. The summed E-state index contributed by atoms with van der Waals surface area (Å²) in [6.07, 6.45) is 0.272. The highest BCUT2D eigenvalue weighted by atomic mass is 35.5. The number of fused-ring (bicyclic) bond motifs is 1. The Balaban J connectivity index is 2.21. The van der Waals surface area contributed by atoms with Gasteiger partial charge in [0.1, 0.15) is 0 Å². The van der Waals surface area contributed by atoms with Gasteiger partial charge in [-0.1, -0.05) is 42.3 Å². The van der Waals surface area contributed by atoms with Crippen molar-refractivity contribution in [3.05, 3.63) is 64.2 Å². The van der Waals surface area contributed by atoms with Crippen molar-refractivity contribution in [2.75, 3.05) is 11.9 Å². The molecule has 0 radical (unpaired) electrons. The van der Waals surface area contributed by atoms with E-state index in [0.29, 0.717) is 17.3 Å². The molecule has 0 saturated carbocycles. The molecule has 0 aliphatic carbocycles. The van der Waals surface area contributed by atoms with E-state index >= 15 is 0 Å². The van der Waals surface area contributed by atoms with Crippen LogP contribution in [0.3, 0.4) is 0 Å². The molecule has 1 aliphatic rings. The topological polar surface area (TPSA) is 47.6 Å². The Hall–Kier alpha value is -2.04. The summed E-state index contributed by atoms with van der Waals surface area (Å²) < 4.78 is 11.7. The number of anilines is 1. The molecule has 1 unspecified atom stereocenters. The van der Waals surface area contributed by atoms with Gasteiger partial charge in [-0.15, -0.1) is 0 Å². The lowest BCUT2D eigenvalue weighted by molar-refractivity contribution is -0.180. The van der Waals surface area contributed by atoms with Crippen LogP contribution in [0.5, 0.6) is 0 Å². The Kier molecular flexibility index (Phi) is 4.28.